The lowest BCUT2D eigenvalue weighted by Gasteiger charge is -2.25. The minimum atomic E-state index is -4.01. The van der Waals surface area contributed by atoms with E-state index in [1.807, 2.05) is 6.92 Å². The Kier molecular flexibility index (Phi) is 7.61. The number of ether oxygens (including phenoxy) is 1. The van der Waals surface area contributed by atoms with E-state index in [4.69, 9.17) is 16.3 Å². The largest absolute Gasteiger partial charge is 0.374 e. The molecule has 3 rings (SSSR count). The average Bonchev–Trinajstić information content (AvgIpc) is 3.27. The molecule has 0 aliphatic heterocycles. The quantitative estimate of drug-likeness (QED) is 0.438. The van der Waals surface area contributed by atoms with Crippen LogP contribution in [0.25, 0.3) is 0 Å². The number of aromatic amines is 1. The minimum Gasteiger partial charge on any atom is -0.374 e. The molecule has 2 aromatic rings. The maximum Gasteiger partial charge on any atom is 0.264 e. The van der Waals surface area contributed by atoms with Crippen molar-refractivity contribution >= 4 is 39.4 Å². The van der Waals surface area contributed by atoms with E-state index in [1.165, 1.54) is 24.4 Å². The molecule has 0 radical (unpaired) electrons. The molecule has 0 saturated carbocycles. The Labute approximate surface area is 185 Å². The average molecular weight is 464 g/mol. The number of imidazole rings is 1. The summed E-state index contributed by atoms with van der Waals surface area (Å²) >= 11 is 5.94. The normalized spacial score (nSPS) is 16.3. The van der Waals surface area contributed by atoms with Crippen molar-refractivity contribution < 1.29 is 17.9 Å². The van der Waals surface area contributed by atoms with Gasteiger partial charge in [0, 0.05) is 24.0 Å². The smallest absolute Gasteiger partial charge is 0.264 e. The molecule has 1 amide bonds. The fourth-order valence-electron chi connectivity index (χ4n) is 2.84. The monoisotopic (exact) mass is 463 g/mol. The van der Waals surface area contributed by atoms with Gasteiger partial charge in [-0.3, -0.25) is 9.10 Å². The van der Waals surface area contributed by atoms with Crippen molar-refractivity contribution in [2.75, 3.05) is 17.5 Å². The van der Waals surface area contributed by atoms with E-state index in [0.29, 0.717) is 29.6 Å². The summed E-state index contributed by atoms with van der Waals surface area (Å²) in [5, 5.41) is 4.24. The number of carbonyl (C=O) groups excluding carboxylic acids is 1. The Hall–Kier alpha value is -2.95. The van der Waals surface area contributed by atoms with E-state index in [0.717, 1.165) is 4.31 Å². The Balaban J connectivity index is 1.80. The van der Waals surface area contributed by atoms with E-state index in [1.54, 1.807) is 36.7 Å². The van der Waals surface area contributed by atoms with Crippen molar-refractivity contribution in [2.45, 2.75) is 19.4 Å². The van der Waals surface area contributed by atoms with Gasteiger partial charge >= 0.3 is 0 Å². The second kappa shape index (κ2) is 10.4. The number of halogens is 1. The highest BCUT2D eigenvalue weighted by molar-refractivity contribution is 7.96. The summed E-state index contributed by atoms with van der Waals surface area (Å²) in [7, 11) is -4.01. The van der Waals surface area contributed by atoms with Crippen molar-refractivity contribution in [1.82, 2.24) is 15.4 Å². The van der Waals surface area contributed by atoms with Gasteiger partial charge in [-0.05, 0) is 43.7 Å². The first-order chi connectivity index (χ1) is 14.9. The van der Waals surface area contributed by atoms with Crippen LogP contribution >= 0.6 is 11.6 Å². The third kappa shape index (κ3) is 6.03. The number of allylic oxidation sites excluding steroid dienone is 1. The van der Waals surface area contributed by atoms with E-state index < -0.39 is 22.5 Å². The van der Waals surface area contributed by atoms with Gasteiger partial charge < -0.3 is 9.72 Å². The summed E-state index contributed by atoms with van der Waals surface area (Å²) < 4.78 is 33.2. The van der Waals surface area contributed by atoms with Crippen molar-refractivity contribution in [3.63, 3.8) is 0 Å². The van der Waals surface area contributed by atoms with Gasteiger partial charge in [-0.2, -0.15) is 5.10 Å². The fourth-order valence-corrected chi connectivity index (χ4v) is 4.46. The number of benzene rings is 1. The SMILES string of the molecule is CCOC1C=CC(S(=O)(=O)N(CC(=O)N/N=C/c2ncc[nH]2)c2ccc(Cl)cc2)=CC1. The van der Waals surface area contributed by atoms with Crippen molar-refractivity contribution in [3.8, 4) is 0 Å². The Morgan fingerprint density at radius 1 is 1.42 bits per heavy atom. The molecule has 2 N–H and O–H groups in total. The van der Waals surface area contributed by atoms with Crippen LogP contribution in [0.3, 0.4) is 0 Å². The summed E-state index contributed by atoms with van der Waals surface area (Å²) in [6, 6.07) is 6.19. The fraction of sp³-hybridized carbons (Fsp3) is 0.250. The standard InChI is InChI=1S/C20H22ClN5O4S/c1-2-30-17-7-9-18(10-8-17)31(28,29)26(16-5-3-15(21)4-6-16)14-20(27)25-24-13-19-22-11-12-23-19/h3-7,9-13,17H,2,8,14H2,1H3,(H,22,23)(H,25,27)/b24-13+. The topological polar surface area (TPSA) is 117 Å². The third-order valence-corrected chi connectivity index (χ3v) is 6.36. The molecule has 9 nitrogen and oxygen atoms in total. The Morgan fingerprint density at radius 3 is 2.81 bits per heavy atom. The predicted octanol–water partition coefficient (Wildman–Crippen LogP) is 2.60. The minimum absolute atomic E-state index is 0.0882. The lowest BCUT2D eigenvalue weighted by molar-refractivity contribution is -0.119. The zero-order valence-electron chi connectivity index (χ0n) is 16.7. The molecule has 11 heteroatoms. The lowest BCUT2D eigenvalue weighted by Crippen LogP contribution is -2.40. The van der Waals surface area contributed by atoms with E-state index in [2.05, 4.69) is 20.5 Å². The highest BCUT2D eigenvalue weighted by Crippen LogP contribution is 2.27. The van der Waals surface area contributed by atoms with Crippen LogP contribution < -0.4 is 9.73 Å². The molecule has 1 unspecified atom stereocenters. The Bertz CT molecular complexity index is 1080. The molecule has 164 valence electrons. The van der Waals surface area contributed by atoms with Crippen LogP contribution in [0.1, 0.15) is 19.2 Å². The lowest BCUT2D eigenvalue weighted by atomic mass is 10.1. The number of anilines is 1. The van der Waals surface area contributed by atoms with Gasteiger partial charge in [-0.25, -0.2) is 18.8 Å². The molecule has 1 atom stereocenters. The highest BCUT2D eigenvalue weighted by atomic mass is 35.5. The van der Waals surface area contributed by atoms with Crippen LogP contribution in [0.2, 0.25) is 5.02 Å². The van der Waals surface area contributed by atoms with Gasteiger partial charge in [0.2, 0.25) is 0 Å². The van der Waals surface area contributed by atoms with Crippen molar-refractivity contribution in [1.29, 1.82) is 0 Å². The second-order valence-electron chi connectivity index (χ2n) is 6.45. The molecular weight excluding hydrogens is 442 g/mol. The molecule has 0 bridgehead atoms. The van der Waals surface area contributed by atoms with Crippen LogP contribution in [0.15, 0.2) is 64.9 Å². The zero-order chi connectivity index (χ0) is 22.3. The molecule has 1 aromatic carbocycles. The van der Waals surface area contributed by atoms with E-state index >= 15 is 0 Å². The van der Waals surface area contributed by atoms with Crippen LogP contribution in [0.4, 0.5) is 5.69 Å². The first kappa shape index (κ1) is 22.7. The van der Waals surface area contributed by atoms with E-state index in [9.17, 15) is 13.2 Å². The highest BCUT2D eigenvalue weighted by Gasteiger charge is 2.29. The van der Waals surface area contributed by atoms with Crippen molar-refractivity contribution in [2.24, 2.45) is 5.10 Å². The number of nitrogens with zero attached hydrogens (tertiary/aromatic N) is 3. The maximum atomic E-state index is 13.3. The van der Waals surface area contributed by atoms with Crippen LogP contribution in [-0.2, 0) is 19.6 Å². The van der Waals surface area contributed by atoms with Crippen LogP contribution in [0, 0.1) is 0 Å². The maximum absolute atomic E-state index is 13.3. The van der Waals surface area contributed by atoms with Crippen molar-refractivity contribution in [3.05, 3.63) is 70.6 Å². The molecule has 1 heterocycles. The van der Waals surface area contributed by atoms with Gasteiger partial charge in [0.05, 0.1) is 22.9 Å². The Morgan fingerprint density at radius 2 is 2.19 bits per heavy atom. The number of carbonyl (C=O) groups is 1. The number of aromatic nitrogens is 2. The molecule has 1 aromatic heterocycles. The van der Waals surface area contributed by atoms with Gasteiger partial charge in [0.25, 0.3) is 15.9 Å². The number of rotatable bonds is 9. The number of hydrogen-bond donors (Lipinski definition) is 2. The number of amides is 1. The van der Waals surface area contributed by atoms with Crippen LogP contribution in [0.5, 0.6) is 0 Å². The third-order valence-electron chi connectivity index (χ3n) is 4.29. The summed E-state index contributed by atoms with van der Waals surface area (Å²) in [6.07, 6.45) is 9.50. The summed E-state index contributed by atoms with van der Waals surface area (Å²) in [6.45, 7) is 1.93. The number of sulfonamides is 1. The molecule has 31 heavy (non-hydrogen) atoms. The first-order valence-corrected chi connectivity index (χ1v) is 11.3. The zero-order valence-corrected chi connectivity index (χ0v) is 18.3. The van der Waals surface area contributed by atoms with Gasteiger partial charge in [-0.15, -0.1) is 0 Å². The molecule has 0 fully saturated rings. The van der Waals surface area contributed by atoms with Gasteiger partial charge in [0.1, 0.15) is 12.4 Å². The molecular formula is C20H22ClN5O4S. The van der Waals surface area contributed by atoms with Crippen LogP contribution in [-0.4, -0.2) is 49.8 Å². The number of nitrogens with one attached hydrogen (secondary N) is 2. The second-order valence-corrected chi connectivity index (χ2v) is 8.75. The molecule has 0 spiro atoms. The first-order valence-electron chi connectivity index (χ1n) is 9.49. The predicted molar refractivity (Wildman–Crippen MR) is 119 cm³/mol. The van der Waals surface area contributed by atoms with Gasteiger partial charge in [0.15, 0.2) is 0 Å². The van der Waals surface area contributed by atoms with Gasteiger partial charge in [-0.1, -0.05) is 23.8 Å². The summed E-state index contributed by atoms with van der Waals surface area (Å²) in [4.78, 5) is 19.3. The molecule has 1 aliphatic rings. The number of hydrogen-bond acceptors (Lipinski definition) is 6. The summed E-state index contributed by atoms with van der Waals surface area (Å²) in [5.74, 6) is -0.169. The summed E-state index contributed by atoms with van der Waals surface area (Å²) in [5.41, 5.74) is 2.61. The molecule has 1 aliphatic carbocycles. The molecule has 0 saturated heterocycles. The van der Waals surface area contributed by atoms with E-state index in [-0.39, 0.29) is 11.0 Å². The number of hydrazone groups is 1. The number of H-pyrrole nitrogens is 1.